The number of pyridine rings is 1. The molecule has 1 amide bonds. The standard InChI is InChI=1S/C19H28N2O2/c1-4-7-14-13(5-2)12-10-15(14)19(3,11-12)21-18(23)17-16(22)8-6-9-20-17/h6,8-9,12-15,22H,4-5,7,10-11H2,1-3H3,(H,21,23). The highest BCUT2D eigenvalue weighted by molar-refractivity contribution is 5.95. The number of fused-ring (bicyclic) bond motifs is 2. The summed E-state index contributed by atoms with van der Waals surface area (Å²) in [5, 5.41) is 13.1. The second-order valence-electron chi connectivity index (χ2n) is 7.57. The van der Waals surface area contributed by atoms with Crippen molar-refractivity contribution in [3.05, 3.63) is 24.0 Å². The minimum atomic E-state index is -0.249. The Morgan fingerprint density at radius 2 is 2.22 bits per heavy atom. The zero-order valence-electron chi connectivity index (χ0n) is 14.4. The first kappa shape index (κ1) is 16.3. The van der Waals surface area contributed by atoms with E-state index in [0.717, 1.165) is 18.3 Å². The minimum absolute atomic E-state index is 0.0479. The van der Waals surface area contributed by atoms with Gasteiger partial charge in [0.1, 0.15) is 5.75 Å². The number of carbonyl (C=O) groups is 1. The Labute approximate surface area is 138 Å². The fourth-order valence-electron chi connectivity index (χ4n) is 5.41. The van der Waals surface area contributed by atoms with Crippen LogP contribution in [0, 0.1) is 23.7 Å². The van der Waals surface area contributed by atoms with Crippen molar-refractivity contribution in [3.63, 3.8) is 0 Å². The average Bonchev–Trinajstić information content (AvgIpc) is 3.01. The van der Waals surface area contributed by atoms with Gasteiger partial charge >= 0.3 is 0 Å². The van der Waals surface area contributed by atoms with Gasteiger partial charge in [-0.3, -0.25) is 4.79 Å². The van der Waals surface area contributed by atoms with E-state index < -0.39 is 0 Å². The fraction of sp³-hybridized carbons (Fsp3) is 0.684. The lowest BCUT2D eigenvalue weighted by molar-refractivity contribution is 0.0732. The molecule has 0 aliphatic heterocycles. The van der Waals surface area contributed by atoms with E-state index in [2.05, 4.69) is 31.1 Å². The summed E-state index contributed by atoms with van der Waals surface area (Å²) < 4.78 is 0. The maximum atomic E-state index is 12.6. The summed E-state index contributed by atoms with van der Waals surface area (Å²) in [6.45, 7) is 6.74. The molecule has 4 heteroatoms. The third kappa shape index (κ3) is 2.73. The van der Waals surface area contributed by atoms with E-state index in [4.69, 9.17) is 0 Å². The predicted molar refractivity (Wildman–Crippen MR) is 90.2 cm³/mol. The molecule has 126 valence electrons. The van der Waals surface area contributed by atoms with E-state index in [0.29, 0.717) is 11.8 Å². The Kier molecular flexibility index (Phi) is 4.35. The van der Waals surface area contributed by atoms with Gasteiger partial charge in [0.25, 0.3) is 5.91 Å². The molecule has 1 heterocycles. The van der Waals surface area contributed by atoms with Gasteiger partial charge in [-0.2, -0.15) is 0 Å². The summed E-state index contributed by atoms with van der Waals surface area (Å²) in [5.74, 6) is 2.51. The number of hydrogen-bond acceptors (Lipinski definition) is 3. The molecule has 2 N–H and O–H groups in total. The lowest BCUT2D eigenvalue weighted by Crippen LogP contribution is -2.53. The number of rotatable bonds is 5. The van der Waals surface area contributed by atoms with E-state index in [1.165, 1.54) is 31.7 Å². The molecule has 2 fully saturated rings. The minimum Gasteiger partial charge on any atom is -0.505 e. The highest BCUT2D eigenvalue weighted by Gasteiger charge is 2.57. The summed E-state index contributed by atoms with van der Waals surface area (Å²) in [6.07, 6.45) is 7.53. The molecule has 4 nitrogen and oxygen atoms in total. The van der Waals surface area contributed by atoms with Gasteiger partial charge in [-0.05, 0) is 55.6 Å². The molecule has 0 radical (unpaired) electrons. The van der Waals surface area contributed by atoms with Gasteiger partial charge < -0.3 is 10.4 Å². The van der Waals surface area contributed by atoms with Gasteiger partial charge in [0.05, 0.1) is 0 Å². The third-order valence-corrected chi connectivity index (χ3v) is 6.23. The van der Waals surface area contributed by atoms with Crippen molar-refractivity contribution in [1.82, 2.24) is 10.3 Å². The molecule has 1 aromatic rings. The van der Waals surface area contributed by atoms with Crippen LogP contribution in [0.5, 0.6) is 5.75 Å². The van der Waals surface area contributed by atoms with Crippen LogP contribution in [-0.4, -0.2) is 21.5 Å². The van der Waals surface area contributed by atoms with Crippen LogP contribution in [0.25, 0.3) is 0 Å². The number of amides is 1. The number of carbonyl (C=O) groups excluding carboxylic acids is 1. The van der Waals surface area contributed by atoms with Gasteiger partial charge in [-0.25, -0.2) is 4.98 Å². The summed E-state index contributed by atoms with van der Waals surface area (Å²) in [5.41, 5.74) is -0.0346. The second kappa shape index (κ2) is 6.14. The molecule has 0 saturated heterocycles. The average molecular weight is 316 g/mol. The van der Waals surface area contributed by atoms with Crippen molar-refractivity contribution >= 4 is 5.91 Å². The maximum Gasteiger partial charge on any atom is 0.274 e. The summed E-state index contributed by atoms with van der Waals surface area (Å²) in [7, 11) is 0. The fourth-order valence-corrected chi connectivity index (χ4v) is 5.41. The molecule has 23 heavy (non-hydrogen) atoms. The molecule has 2 bridgehead atoms. The molecule has 5 unspecified atom stereocenters. The van der Waals surface area contributed by atoms with Gasteiger partial charge in [-0.15, -0.1) is 0 Å². The van der Waals surface area contributed by atoms with Crippen molar-refractivity contribution in [3.8, 4) is 5.75 Å². The monoisotopic (exact) mass is 316 g/mol. The normalized spacial score (nSPS) is 35.4. The summed E-state index contributed by atoms with van der Waals surface area (Å²) in [4.78, 5) is 16.6. The van der Waals surface area contributed by atoms with Crippen molar-refractivity contribution < 1.29 is 9.90 Å². The molecule has 2 aliphatic rings. The van der Waals surface area contributed by atoms with Gasteiger partial charge in [0, 0.05) is 11.7 Å². The van der Waals surface area contributed by atoms with Crippen molar-refractivity contribution in [2.75, 3.05) is 0 Å². The number of hydrogen-bond donors (Lipinski definition) is 2. The molecule has 2 saturated carbocycles. The molecule has 3 rings (SSSR count). The Morgan fingerprint density at radius 1 is 1.43 bits per heavy atom. The molecule has 0 aromatic carbocycles. The second-order valence-corrected chi connectivity index (χ2v) is 7.57. The SMILES string of the molecule is CCCC1C(CC)C2CC1C(C)(NC(=O)c1ncccc1O)C2. The van der Waals surface area contributed by atoms with Crippen LogP contribution in [-0.2, 0) is 0 Å². The number of aromatic nitrogens is 1. The molecule has 1 aromatic heterocycles. The first-order valence-electron chi connectivity index (χ1n) is 8.96. The largest absolute Gasteiger partial charge is 0.505 e. The van der Waals surface area contributed by atoms with E-state index in [1.807, 2.05) is 0 Å². The summed E-state index contributed by atoms with van der Waals surface area (Å²) >= 11 is 0. The number of nitrogens with one attached hydrogen (secondary N) is 1. The van der Waals surface area contributed by atoms with Crippen LogP contribution in [0.1, 0.15) is 63.4 Å². The highest BCUT2D eigenvalue weighted by Crippen LogP contribution is 2.59. The molecule has 2 aliphatic carbocycles. The van der Waals surface area contributed by atoms with Crippen LogP contribution < -0.4 is 5.32 Å². The number of aromatic hydroxyl groups is 1. The van der Waals surface area contributed by atoms with Crippen LogP contribution in [0.15, 0.2) is 18.3 Å². The van der Waals surface area contributed by atoms with E-state index >= 15 is 0 Å². The zero-order chi connectivity index (χ0) is 16.6. The third-order valence-electron chi connectivity index (χ3n) is 6.23. The van der Waals surface area contributed by atoms with Gasteiger partial charge in [0.2, 0.25) is 0 Å². The first-order valence-corrected chi connectivity index (χ1v) is 8.96. The zero-order valence-corrected chi connectivity index (χ0v) is 14.4. The topological polar surface area (TPSA) is 62.2 Å². The lowest BCUT2D eigenvalue weighted by atomic mass is 9.68. The quantitative estimate of drug-likeness (QED) is 0.869. The van der Waals surface area contributed by atoms with Crippen LogP contribution in [0.3, 0.4) is 0 Å². The van der Waals surface area contributed by atoms with Gasteiger partial charge in [-0.1, -0.05) is 33.1 Å². The van der Waals surface area contributed by atoms with Crippen molar-refractivity contribution in [2.45, 2.75) is 58.4 Å². The predicted octanol–water partition coefficient (Wildman–Crippen LogP) is 3.76. The maximum absolute atomic E-state index is 12.6. The molecular formula is C19H28N2O2. The van der Waals surface area contributed by atoms with Gasteiger partial charge in [0.15, 0.2) is 5.69 Å². The van der Waals surface area contributed by atoms with Crippen molar-refractivity contribution in [1.29, 1.82) is 0 Å². The number of nitrogens with zero attached hydrogens (tertiary/aromatic N) is 1. The van der Waals surface area contributed by atoms with Crippen molar-refractivity contribution in [2.24, 2.45) is 23.7 Å². The highest BCUT2D eigenvalue weighted by atomic mass is 16.3. The molecular weight excluding hydrogens is 288 g/mol. The van der Waals surface area contributed by atoms with Crippen LogP contribution >= 0.6 is 0 Å². The van der Waals surface area contributed by atoms with Crippen LogP contribution in [0.2, 0.25) is 0 Å². The Balaban J connectivity index is 1.78. The molecule has 5 atom stereocenters. The Hall–Kier alpha value is -1.58. The van der Waals surface area contributed by atoms with E-state index in [1.54, 1.807) is 12.3 Å². The Bertz CT molecular complexity index is 588. The van der Waals surface area contributed by atoms with E-state index in [-0.39, 0.29) is 22.9 Å². The first-order chi connectivity index (χ1) is 11.0. The molecule has 0 spiro atoms. The Morgan fingerprint density at radius 3 is 2.87 bits per heavy atom. The lowest BCUT2D eigenvalue weighted by Gasteiger charge is -2.43. The van der Waals surface area contributed by atoms with Crippen LogP contribution in [0.4, 0.5) is 0 Å². The summed E-state index contributed by atoms with van der Waals surface area (Å²) in [6, 6.07) is 3.15. The van der Waals surface area contributed by atoms with E-state index in [9.17, 15) is 9.90 Å². The smallest absolute Gasteiger partial charge is 0.274 e.